The lowest BCUT2D eigenvalue weighted by Crippen LogP contribution is -2.19. The van der Waals surface area contributed by atoms with Gasteiger partial charge in [0.05, 0.1) is 0 Å². The van der Waals surface area contributed by atoms with Crippen LogP contribution >= 0.6 is 0 Å². The molecule has 0 spiro atoms. The molecule has 1 heteroatoms. The van der Waals surface area contributed by atoms with Crippen molar-refractivity contribution in [3.63, 3.8) is 0 Å². The Labute approximate surface area is 144 Å². The molecule has 0 aromatic rings. The summed E-state index contributed by atoms with van der Waals surface area (Å²) >= 11 is 0. The molecule has 1 aliphatic carbocycles. The zero-order valence-electron chi connectivity index (χ0n) is 16.2. The maximum atomic E-state index is 3.89. The van der Waals surface area contributed by atoms with Crippen molar-refractivity contribution in [1.82, 2.24) is 0 Å². The summed E-state index contributed by atoms with van der Waals surface area (Å²) in [6.45, 7) is 13.1. The van der Waals surface area contributed by atoms with E-state index in [4.69, 9.17) is 0 Å². The van der Waals surface area contributed by atoms with Crippen molar-refractivity contribution in [3.05, 3.63) is 59.3 Å². The first kappa shape index (κ1) is 21.4. The van der Waals surface area contributed by atoms with Gasteiger partial charge in [-0.25, -0.2) is 0 Å². The normalized spacial score (nSPS) is 19.2. The standard InChI is InChI=1S/C20H29N.C2H6/c1-17(11-8-6-7-9-16-21-5)13-14-19-18(2)12-10-15-20(19,3)4;1-2/h6-9,11,13-14,16H,10,12,15H2,1-5H3;1-2H3/b8-6-,9-7+,14-13+,17-11+,21-16?;. The maximum absolute atomic E-state index is 3.89. The van der Waals surface area contributed by atoms with E-state index in [1.165, 1.54) is 30.4 Å². The lowest BCUT2D eigenvalue weighted by Gasteiger charge is -2.32. The molecule has 1 aliphatic rings. The fourth-order valence-corrected chi connectivity index (χ4v) is 2.75. The van der Waals surface area contributed by atoms with Gasteiger partial charge in [0.25, 0.3) is 0 Å². The van der Waals surface area contributed by atoms with Crippen molar-refractivity contribution in [2.75, 3.05) is 7.05 Å². The molecule has 23 heavy (non-hydrogen) atoms. The monoisotopic (exact) mass is 313 g/mol. The van der Waals surface area contributed by atoms with Crippen LogP contribution in [0.3, 0.4) is 0 Å². The summed E-state index contributed by atoms with van der Waals surface area (Å²) in [4.78, 5) is 3.89. The Morgan fingerprint density at radius 1 is 1.09 bits per heavy atom. The highest BCUT2D eigenvalue weighted by Gasteiger charge is 2.26. The first-order chi connectivity index (χ1) is 11.0. The van der Waals surface area contributed by atoms with Gasteiger partial charge in [-0.15, -0.1) is 0 Å². The second-order valence-electron chi connectivity index (χ2n) is 6.35. The average Bonchev–Trinajstić information content (AvgIpc) is 2.51. The van der Waals surface area contributed by atoms with Crippen LogP contribution in [0.25, 0.3) is 0 Å². The van der Waals surface area contributed by atoms with E-state index in [-0.39, 0.29) is 0 Å². The van der Waals surface area contributed by atoms with Crippen LogP contribution in [-0.2, 0) is 0 Å². The highest BCUT2D eigenvalue weighted by Crippen LogP contribution is 2.40. The summed E-state index contributed by atoms with van der Waals surface area (Å²) in [6, 6.07) is 0. The van der Waals surface area contributed by atoms with Gasteiger partial charge >= 0.3 is 0 Å². The average molecular weight is 314 g/mol. The third kappa shape index (κ3) is 8.54. The molecule has 0 unspecified atom stereocenters. The van der Waals surface area contributed by atoms with Crippen LogP contribution in [-0.4, -0.2) is 13.3 Å². The molecule has 0 amide bonds. The molecule has 0 aromatic carbocycles. The molecule has 1 rings (SSSR count). The van der Waals surface area contributed by atoms with Crippen molar-refractivity contribution in [1.29, 1.82) is 0 Å². The number of hydrogen-bond donors (Lipinski definition) is 0. The number of nitrogens with zero attached hydrogens (tertiary/aromatic N) is 1. The van der Waals surface area contributed by atoms with Crippen molar-refractivity contribution in [3.8, 4) is 0 Å². The van der Waals surface area contributed by atoms with Crippen LogP contribution in [0.2, 0.25) is 0 Å². The van der Waals surface area contributed by atoms with E-state index >= 15 is 0 Å². The van der Waals surface area contributed by atoms with Gasteiger partial charge in [-0.1, -0.05) is 75.3 Å². The van der Waals surface area contributed by atoms with E-state index in [2.05, 4.69) is 57.0 Å². The van der Waals surface area contributed by atoms with Gasteiger partial charge in [-0.2, -0.15) is 0 Å². The van der Waals surface area contributed by atoms with Crippen LogP contribution in [0.15, 0.2) is 64.2 Å². The molecule has 0 heterocycles. The van der Waals surface area contributed by atoms with Crippen LogP contribution < -0.4 is 0 Å². The van der Waals surface area contributed by atoms with Gasteiger partial charge in [0.1, 0.15) is 0 Å². The SMILES string of the molecule is CC.CN=C/C=C/C=C\C=C(C)\C=C\C1=C(C)CCCC1(C)C. The summed E-state index contributed by atoms with van der Waals surface area (Å²) in [5.41, 5.74) is 4.65. The Morgan fingerprint density at radius 3 is 2.35 bits per heavy atom. The Kier molecular flexibility index (Phi) is 11.0. The van der Waals surface area contributed by atoms with E-state index < -0.39 is 0 Å². The zero-order valence-corrected chi connectivity index (χ0v) is 16.2. The predicted molar refractivity (Wildman–Crippen MR) is 107 cm³/mol. The molecule has 0 bridgehead atoms. The van der Waals surface area contributed by atoms with Gasteiger partial charge in [-0.05, 0) is 50.2 Å². The van der Waals surface area contributed by atoms with E-state index in [9.17, 15) is 0 Å². The molecule has 0 saturated heterocycles. The lowest BCUT2D eigenvalue weighted by molar-refractivity contribution is 0.377. The topological polar surface area (TPSA) is 12.4 Å². The molecule has 0 aromatic heterocycles. The highest BCUT2D eigenvalue weighted by atomic mass is 14.6. The first-order valence-electron chi connectivity index (χ1n) is 8.78. The lowest BCUT2D eigenvalue weighted by atomic mass is 9.72. The van der Waals surface area contributed by atoms with Crippen molar-refractivity contribution < 1.29 is 0 Å². The van der Waals surface area contributed by atoms with Gasteiger partial charge in [0, 0.05) is 13.3 Å². The van der Waals surface area contributed by atoms with Crippen LogP contribution in [0.4, 0.5) is 0 Å². The second kappa shape index (κ2) is 11.9. The van der Waals surface area contributed by atoms with Crippen molar-refractivity contribution in [2.24, 2.45) is 10.4 Å². The van der Waals surface area contributed by atoms with E-state index in [1.807, 2.05) is 32.1 Å². The minimum Gasteiger partial charge on any atom is -0.297 e. The third-order valence-electron chi connectivity index (χ3n) is 3.98. The Balaban J connectivity index is 0.00000232. The molecule has 1 nitrogen and oxygen atoms in total. The van der Waals surface area contributed by atoms with E-state index in [1.54, 1.807) is 18.8 Å². The number of rotatable bonds is 5. The smallest absolute Gasteiger partial charge is 0.0277 e. The summed E-state index contributed by atoms with van der Waals surface area (Å²) in [6.07, 6.45) is 20.3. The second-order valence-corrected chi connectivity index (χ2v) is 6.35. The van der Waals surface area contributed by atoms with Gasteiger partial charge in [0.2, 0.25) is 0 Å². The fourth-order valence-electron chi connectivity index (χ4n) is 2.75. The molecular weight excluding hydrogens is 278 g/mol. The summed E-state index contributed by atoms with van der Waals surface area (Å²) in [7, 11) is 1.77. The highest BCUT2D eigenvalue weighted by molar-refractivity contribution is 5.71. The molecule has 0 N–H and O–H groups in total. The summed E-state index contributed by atoms with van der Waals surface area (Å²) in [5.74, 6) is 0. The fraction of sp³-hybridized carbons (Fsp3) is 0.500. The third-order valence-corrected chi connectivity index (χ3v) is 3.98. The number of allylic oxidation sites excluding steroid dienone is 10. The van der Waals surface area contributed by atoms with Gasteiger partial charge < -0.3 is 0 Å². The Hall–Kier alpha value is -1.63. The Morgan fingerprint density at radius 2 is 1.74 bits per heavy atom. The van der Waals surface area contributed by atoms with Crippen LogP contribution in [0.5, 0.6) is 0 Å². The van der Waals surface area contributed by atoms with E-state index in [0.29, 0.717) is 5.41 Å². The molecule has 0 saturated carbocycles. The number of hydrogen-bond acceptors (Lipinski definition) is 1. The van der Waals surface area contributed by atoms with Crippen molar-refractivity contribution >= 4 is 6.21 Å². The molecule has 128 valence electrons. The first-order valence-corrected chi connectivity index (χ1v) is 8.78. The molecule has 0 aliphatic heterocycles. The minimum absolute atomic E-state index is 0.317. The van der Waals surface area contributed by atoms with E-state index in [0.717, 1.165) is 0 Å². The largest absolute Gasteiger partial charge is 0.297 e. The molecule has 0 atom stereocenters. The number of aliphatic imine (C=N–C) groups is 1. The predicted octanol–water partition coefficient (Wildman–Crippen LogP) is 6.85. The summed E-state index contributed by atoms with van der Waals surface area (Å²) < 4.78 is 0. The molecular formula is C22H35N. The Bertz CT molecular complexity index is 508. The maximum Gasteiger partial charge on any atom is 0.0277 e. The van der Waals surface area contributed by atoms with Crippen LogP contribution in [0, 0.1) is 5.41 Å². The minimum atomic E-state index is 0.317. The van der Waals surface area contributed by atoms with Gasteiger partial charge in [-0.3, -0.25) is 4.99 Å². The quantitative estimate of drug-likeness (QED) is 0.388. The van der Waals surface area contributed by atoms with Crippen molar-refractivity contribution in [2.45, 2.75) is 60.8 Å². The molecule has 0 fully saturated rings. The molecule has 0 radical (unpaired) electrons. The van der Waals surface area contributed by atoms with Gasteiger partial charge in [0.15, 0.2) is 0 Å². The van der Waals surface area contributed by atoms with Crippen LogP contribution in [0.1, 0.15) is 60.8 Å². The summed E-state index contributed by atoms with van der Waals surface area (Å²) in [5, 5.41) is 0. The zero-order chi connectivity index (χ0) is 17.7.